The molecule has 3 rings (SSSR count). The van der Waals surface area contributed by atoms with Crippen molar-refractivity contribution >= 4 is 27.9 Å². The van der Waals surface area contributed by atoms with Crippen molar-refractivity contribution in [3.63, 3.8) is 0 Å². The average Bonchev–Trinajstić information content (AvgIpc) is 2.81. The molecule has 1 heterocycles. The van der Waals surface area contributed by atoms with Crippen LogP contribution in [0.5, 0.6) is 0 Å². The Bertz CT molecular complexity index is 983. The van der Waals surface area contributed by atoms with Gasteiger partial charge < -0.3 is 15.1 Å². The van der Waals surface area contributed by atoms with Gasteiger partial charge in [-0.2, -0.15) is 4.31 Å². The fraction of sp³-hybridized carbons (Fsp3) is 0.348. The van der Waals surface area contributed by atoms with E-state index in [0.29, 0.717) is 32.6 Å². The van der Waals surface area contributed by atoms with E-state index in [1.165, 1.54) is 4.31 Å². The van der Waals surface area contributed by atoms with Crippen molar-refractivity contribution < 1.29 is 33.0 Å². The van der Waals surface area contributed by atoms with Gasteiger partial charge in [0.05, 0.1) is 11.7 Å². The van der Waals surface area contributed by atoms with Crippen LogP contribution in [0.15, 0.2) is 60.7 Å². The number of piperazine rings is 1. The van der Waals surface area contributed by atoms with Gasteiger partial charge in [0.2, 0.25) is 15.9 Å². The normalized spacial score (nSPS) is 14.3. The summed E-state index contributed by atoms with van der Waals surface area (Å²) in [6.07, 6.45) is 0.603. The third kappa shape index (κ3) is 7.40. The Kier molecular flexibility index (Phi) is 9.56. The summed E-state index contributed by atoms with van der Waals surface area (Å²) in [6, 6.07) is 19.5. The summed E-state index contributed by atoms with van der Waals surface area (Å²) in [6.45, 7) is 3.45. The van der Waals surface area contributed by atoms with E-state index in [-0.39, 0.29) is 17.6 Å². The maximum atomic E-state index is 13.3. The van der Waals surface area contributed by atoms with E-state index in [0.717, 1.165) is 11.1 Å². The SMILES string of the molecule is CCCS(=O)(=O)N1CCN(C(=O)C(c2ccccc2)c2ccccc2)CC1.O=C(O)C(=O)O. The van der Waals surface area contributed by atoms with Gasteiger partial charge in [-0.15, -0.1) is 0 Å². The Morgan fingerprint density at radius 1 is 0.818 bits per heavy atom. The van der Waals surface area contributed by atoms with Gasteiger partial charge in [-0.25, -0.2) is 18.0 Å². The van der Waals surface area contributed by atoms with E-state index in [1.807, 2.05) is 67.6 Å². The number of carboxylic acid groups (broad SMARTS) is 2. The van der Waals surface area contributed by atoms with Gasteiger partial charge in [0.25, 0.3) is 0 Å². The Hall–Kier alpha value is -3.24. The standard InChI is InChI=1S/C21H26N2O3S.C2H2O4/c1-2-17-27(25,26)23-15-13-22(14-16-23)21(24)20(18-9-5-3-6-10-18)19-11-7-4-8-12-19;3-1(4)2(5)6/h3-12,20H,2,13-17H2,1H3;(H,3,4)(H,5,6). The number of sulfonamides is 1. The van der Waals surface area contributed by atoms with Crippen LogP contribution in [0.1, 0.15) is 30.4 Å². The highest BCUT2D eigenvalue weighted by atomic mass is 32.2. The Morgan fingerprint density at radius 3 is 1.61 bits per heavy atom. The summed E-state index contributed by atoms with van der Waals surface area (Å²) < 4.78 is 26.0. The van der Waals surface area contributed by atoms with Crippen LogP contribution in [0, 0.1) is 0 Å². The molecule has 0 unspecified atom stereocenters. The molecule has 2 aromatic rings. The molecule has 10 heteroatoms. The van der Waals surface area contributed by atoms with Gasteiger partial charge in [0.15, 0.2) is 0 Å². The second-order valence-electron chi connectivity index (χ2n) is 7.41. The van der Waals surface area contributed by atoms with Crippen molar-refractivity contribution in [2.24, 2.45) is 0 Å². The van der Waals surface area contributed by atoms with Gasteiger partial charge in [-0.3, -0.25) is 4.79 Å². The predicted molar refractivity (Wildman–Crippen MR) is 122 cm³/mol. The third-order valence-corrected chi connectivity index (χ3v) is 7.18. The minimum Gasteiger partial charge on any atom is -0.473 e. The van der Waals surface area contributed by atoms with E-state index in [9.17, 15) is 13.2 Å². The molecule has 2 N–H and O–H groups in total. The Morgan fingerprint density at radius 2 is 1.24 bits per heavy atom. The minimum absolute atomic E-state index is 0.0277. The number of aliphatic carboxylic acids is 2. The number of nitrogens with zero attached hydrogens (tertiary/aromatic N) is 2. The van der Waals surface area contributed by atoms with Crippen LogP contribution < -0.4 is 0 Å². The summed E-state index contributed by atoms with van der Waals surface area (Å²) in [5, 5.41) is 14.8. The van der Waals surface area contributed by atoms with Crippen LogP contribution in [0.3, 0.4) is 0 Å². The van der Waals surface area contributed by atoms with Crippen molar-refractivity contribution in [1.29, 1.82) is 0 Å². The zero-order valence-electron chi connectivity index (χ0n) is 18.3. The second-order valence-corrected chi connectivity index (χ2v) is 9.49. The molecule has 178 valence electrons. The average molecular weight is 477 g/mol. The third-order valence-electron chi connectivity index (χ3n) is 5.10. The molecule has 1 saturated heterocycles. The lowest BCUT2D eigenvalue weighted by atomic mass is 9.90. The van der Waals surface area contributed by atoms with E-state index in [4.69, 9.17) is 19.8 Å². The molecular weight excluding hydrogens is 448 g/mol. The van der Waals surface area contributed by atoms with Crippen molar-refractivity contribution in [1.82, 2.24) is 9.21 Å². The lowest BCUT2D eigenvalue weighted by molar-refractivity contribution is -0.159. The number of hydrogen-bond donors (Lipinski definition) is 2. The van der Waals surface area contributed by atoms with Gasteiger partial charge in [-0.1, -0.05) is 67.6 Å². The largest absolute Gasteiger partial charge is 0.473 e. The van der Waals surface area contributed by atoms with Gasteiger partial charge >= 0.3 is 11.9 Å². The molecule has 33 heavy (non-hydrogen) atoms. The zero-order valence-corrected chi connectivity index (χ0v) is 19.1. The number of rotatable bonds is 6. The highest BCUT2D eigenvalue weighted by Gasteiger charge is 2.32. The van der Waals surface area contributed by atoms with Crippen LogP contribution in [0.25, 0.3) is 0 Å². The van der Waals surface area contributed by atoms with E-state index in [1.54, 1.807) is 4.90 Å². The molecule has 0 radical (unpaired) electrons. The number of carbonyl (C=O) groups excluding carboxylic acids is 1. The van der Waals surface area contributed by atoms with E-state index in [2.05, 4.69) is 0 Å². The number of carboxylic acids is 2. The van der Waals surface area contributed by atoms with Gasteiger partial charge in [-0.05, 0) is 17.5 Å². The first-order chi connectivity index (χ1) is 15.7. The quantitative estimate of drug-likeness (QED) is 0.608. The van der Waals surface area contributed by atoms with Crippen molar-refractivity contribution in [3.05, 3.63) is 71.8 Å². The smallest absolute Gasteiger partial charge is 0.414 e. The summed E-state index contributed by atoms with van der Waals surface area (Å²) in [7, 11) is -3.21. The van der Waals surface area contributed by atoms with Crippen LogP contribution in [0.2, 0.25) is 0 Å². The van der Waals surface area contributed by atoms with Crippen LogP contribution in [-0.2, 0) is 24.4 Å². The first-order valence-corrected chi connectivity index (χ1v) is 12.1. The number of carbonyl (C=O) groups is 3. The molecule has 1 aliphatic rings. The maximum absolute atomic E-state index is 13.3. The van der Waals surface area contributed by atoms with Crippen LogP contribution >= 0.6 is 0 Å². The lowest BCUT2D eigenvalue weighted by Crippen LogP contribution is -2.52. The summed E-state index contributed by atoms with van der Waals surface area (Å²) in [4.78, 5) is 33.3. The highest BCUT2D eigenvalue weighted by molar-refractivity contribution is 7.89. The fourth-order valence-electron chi connectivity index (χ4n) is 3.52. The molecule has 9 nitrogen and oxygen atoms in total. The molecule has 0 atom stereocenters. The van der Waals surface area contributed by atoms with Gasteiger partial charge in [0, 0.05) is 26.2 Å². The number of hydrogen-bond acceptors (Lipinski definition) is 5. The first-order valence-electron chi connectivity index (χ1n) is 10.5. The van der Waals surface area contributed by atoms with Gasteiger partial charge in [0.1, 0.15) is 0 Å². The molecule has 1 amide bonds. The molecule has 0 aromatic heterocycles. The van der Waals surface area contributed by atoms with Crippen molar-refractivity contribution in [2.75, 3.05) is 31.9 Å². The van der Waals surface area contributed by atoms with Crippen molar-refractivity contribution in [3.8, 4) is 0 Å². The molecule has 2 aromatic carbocycles. The minimum atomic E-state index is -3.21. The Labute approximate surface area is 193 Å². The maximum Gasteiger partial charge on any atom is 0.414 e. The summed E-state index contributed by atoms with van der Waals surface area (Å²) in [5.41, 5.74) is 1.91. The second kappa shape index (κ2) is 12.1. The summed E-state index contributed by atoms with van der Waals surface area (Å²) >= 11 is 0. The van der Waals surface area contributed by atoms with Crippen LogP contribution in [0.4, 0.5) is 0 Å². The highest BCUT2D eigenvalue weighted by Crippen LogP contribution is 2.27. The zero-order chi connectivity index (χ0) is 24.4. The topological polar surface area (TPSA) is 132 Å². The molecule has 0 saturated carbocycles. The predicted octanol–water partition coefficient (Wildman–Crippen LogP) is 1.86. The molecule has 0 aliphatic carbocycles. The Balaban J connectivity index is 0.000000569. The lowest BCUT2D eigenvalue weighted by Gasteiger charge is -2.36. The van der Waals surface area contributed by atoms with E-state index >= 15 is 0 Å². The number of amides is 1. The number of benzene rings is 2. The molecule has 0 bridgehead atoms. The molecule has 1 aliphatic heterocycles. The fourth-order valence-corrected chi connectivity index (χ4v) is 5.02. The van der Waals surface area contributed by atoms with Crippen molar-refractivity contribution in [2.45, 2.75) is 19.3 Å². The molecular formula is C23H28N2O7S. The van der Waals surface area contributed by atoms with E-state index < -0.39 is 22.0 Å². The monoisotopic (exact) mass is 476 g/mol. The molecule has 1 fully saturated rings. The summed E-state index contributed by atoms with van der Waals surface area (Å²) in [5.74, 6) is -3.83. The van der Waals surface area contributed by atoms with Crippen LogP contribution in [-0.4, -0.2) is 77.6 Å². The first kappa shape index (κ1) is 26.0. The molecule has 0 spiro atoms.